The number of nitrogens with zero attached hydrogens (tertiary/aromatic N) is 2. The minimum absolute atomic E-state index is 0.119. The molecule has 0 unspecified atom stereocenters. The second-order valence-corrected chi connectivity index (χ2v) is 10.5. The summed E-state index contributed by atoms with van der Waals surface area (Å²) >= 11 is 0. The minimum Gasteiger partial charge on any atom is -0.336 e. The number of piperazine rings is 1. The average molecular weight is 490 g/mol. The maximum atomic E-state index is 13.2. The molecule has 182 valence electrons. The number of hydrogen-bond acceptors (Lipinski definition) is 4. The highest BCUT2D eigenvalue weighted by Gasteiger charge is 2.24. The lowest BCUT2D eigenvalue weighted by molar-refractivity contribution is 0.0650. The molecule has 35 heavy (non-hydrogen) atoms. The predicted octanol–water partition coefficient (Wildman–Crippen LogP) is 4.58. The first-order valence-corrected chi connectivity index (χ1v) is 13.2. The molecule has 1 saturated heterocycles. The molecule has 1 N–H and O–H groups in total. The summed E-state index contributed by atoms with van der Waals surface area (Å²) in [5.41, 5.74) is 3.69. The van der Waals surface area contributed by atoms with E-state index in [9.17, 15) is 13.2 Å². The number of hydrogen-bond donors (Lipinski definition) is 1. The van der Waals surface area contributed by atoms with Crippen LogP contribution in [0.25, 0.3) is 6.08 Å². The number of nitrogens with one attached hydrogen (secondary N) is 1. The third-order valence-corrected chi connectivity index (χ3v) is 7.68. The van der Waals surface area contributed by atoms with Crippen molar-refractivity contribution in [2.75, 3.05) is 37.4 Å². The van der Waals surface area contributed by atoms with Gasteiger partial charge in [0.1, 0.15) is 0 Å². The van der Waals surface area contributed by atoms with E-state index in [2.05, 4.69) is 33.9 Å². The molecule has 0 radical (unpaired) electrons. The number of anilines is 1. The number of carbonyl (C=O) groups is 1. The van der Waals surface area contributed by atoms with Crippen molar-refractivity contribution >= 4 is 27.7 Å². The monoisotopic (exact) mass is 489 g/mol. The van der Waals surface area contributed by atoms with Gasteiger partial charge in [0.25, 0.3) is 15.9 Å². The first-order chi connectivity index (χ1) is 16.8. The molecule has 1 aliphatic heterocycles. The Bertz CT molecular complexity index is 1300. The third kappa shape index (κ3) is 6.38. The van der Waals surface area contributed by atoms with E-state index < -0.39 is 10.0 Å². The molecular weight excluding hydrogens is 458 g/mol. The van der Waals surface area contributed by atoms with Crippen molar-refractivity contribution in [3.8, 4) is 0 Å². The maximum Gasteiger partial charge on any atom is 0.262 e. The molecule has 0 atom stereocenters. The Morgan fingerprint density at radius 3 is 2.29 bits per heavy atom. The van der Waals surface area contributed by atoms with Gasteiger partial charge in [-0.3, -0.25) is 14.4 Å². The number of sulfonamides is 1. The van der Waals surface area contributed by atoms with Crippen LogP contribution in [0.5, 0.6) is 0 Å². The molecule has 1 amide bonds. The molecule has 1 aliphatic rings. The van der Waals surface area contributed by atoms with Gasteiger partial charge in [-0.2, -0.15) is 0 Å². The highest BCUT2D eigenvalue weighted by atomic mass is 32.2. The van der Waals surface area contributed by atoms with Crippen LogP contribution in [0, 0.1) is 13.8 Å². The van der Waals surface area contributed by atoms with Crippen molar-refractivity contribution in [2.45, 2.75) is 18.7 Å². The normalized spacial score (nSPS) is 14.9. The summed E-state index contributed by atoms with van der Waals surface area (Å²) in [6, 6.07) is 22.2. The molecule has 1 heterocycles. The van der Waals surface area contributed by atoms with Gasteiger partial charge >= 0.3 is 0 Å². The van der Waals surface area contributed by atoms with Gasteiger partial charge in [0.05, 0.1) is 4.90 Å². The Morgan fingerprint density at radius 1 is 0.914 bits per heavy atom. The molecule has 0 bridgehead atoms. The zero-order chi connectivity index (χ0) is 24.8. The summed E-state index contributed by atoms with van der Waals surface area (Å²) in [5, 5.41) is 0. The fraction of sp³-hybridized carbons (Fsp3) is 0.250. The Morgan fingerprint density at radius 2 is 1.60 bits per heavy atom. The first kappa shape index (κ1) is 24.7. The molecule has 0 aromatic heterocycles. The summed E-state index contributed by atoms with van der Waals surface area (Å²) < 4.78 is 28.7. The summed E-state index contributed by atoms with van der Waals surface area (Å²) in [6.07, 6.45) is 4.25. The van der Waals surface area contributed by atoms with Gasteiger partial charge in [-0.15, -0.1) is 0 Å². The lowest BCUT2D eigenvalue weighted by atomic mass is 10.1. The van der Waals surface area contributed by atoms with E-state index in [-0.39, 0.29) is 10.8 Å². The van der Waals surface area contributed by atoms with Crippen LogP contribution >= 0.6 is 0 Å². The standard InChI is InChI=1S/C28H31N3O3S/c1-22-10-14-26(15-11-22)29-35(33,34)27-21-25(13-12-23(27)2)28(32)31-19-17-30(18-20-31)16-6-9-24-7-4-3-5-8-24/h3-15,21,29H,16-20H2,1-2H3. The van der Waals surface area contributed by atoms with Crippen molar-refractivity contribution in [1.29, 1.82) is 0 Å². The summed E-state index contributed by atoms with van der Waals surface area (Å²) in [6.45, 7) is 7.27. The highest BCUT2D eigenvalue weighted by Crippen LogP contribution is 2.22. The molecule has 3 aromatic carbocycles. The predicted molar refractivity (Wildman–Crippen MR) is 141 cm³/mol. The molecule has 0 saturated carbocycles. The van der Waals surface area contributed by atoms with Gasteiger partial charge in [-0.25, -0.2) is 8.42 Å². The van der Waals surface area contributed by atoms with E-state index in [1.54, 1.807) is 36.1 Å². The van der Waals surface area contributed by atoms with Gasteiger partial charge in [0.2, 0.25) is 0 Å². The number of carbonyl (C=O) groups excluding carboxylic acids is 1. The molecule has 0 spiro atoms. The molecular formula is C28H31N3O3S. The van der Waals surface area contributed by atoms with Crippen LogP contribution in [0.2, 0.25) is 0 Å². The zero-order valence-corrected chi connectivity index (χ0v) is 21.0. The van der Waals surface area contributed by atoms with Crippen LogP contribution in [-0.4, -0.2) is 56.8 Å². The van der Waals surface area contributed by atoms with Gasteiger partial charge in [-0.1, -0.05) is 66.2 Å². The van der Waals surface area contributed by atoms with Gasteiger partial charge in [0.15, 0.2) is 0 Å². The van der Waals surface area contributed by atoms with Crippen LogP contribution < -0.4 is 4.72 Å². The molecule has 1 fully saturated rings. The number of benzene rings is 3. The summed E-state index contributed by atoms with van der Waals surface area (Å²) in [7, 11) is -3.82. The Hall–Kier alpha value is -3.42. The highest BCUT2D eigenvalue weighted by molar-refractivity contribution is 7.92. The van der Waals surface area contributed by atoms with Crippen molar-refractivity contribution < 1.29 is 13.2 Å². The second kappa shape index (κ2) is 10.9. The quantitative estimate of drug-likeness (QED) is 0.528. The first-order valence-electron chi connectivity index (χ1n) is 11.8. The lowest BCUT2D eigenvalue weighted by Gasteiger charge is -2.34. The van der Waals surface area contributed by atoms with Crippen molar-refractivity contribution in [3.63, 3.8) is 0 Å². The molecule has 3 aromatic rings. The van der Waals surface area contributed by atoms with Gasteiger partial charge in [0, 0.05) is 44.0 Å². The van der Waals surface area contributed by atoms with Crippen LogP contribution in [0.4, 0.5) is 5.69 Å². The fourth-order valence-corrected chi connectivity index (χ4v) is 5.40. The summed E-state index contributed by atoms with van der Waals surface area (Å²) in [4.78, 5) is 17.4. The number of aryl methyl sites for hydroxylation is 2. The fourth-order valence-electron chi connectivity index (χ4n) is 4.07. The third-order valence-electron chi connectivity index (χ3n) is 6.16. The van der Waals surface area contributed by atoms with Crippen LogP contribution in [0.3, 0.4) is 0 Å². The maximum absolute atomic E-state index is 13.2. The van der Waals surface area contributed by atoms with E-state index >= 15 is 0 Å². The molecule has 6 nitrogen and oxygen atoms in total. The Balaban J connectivity index is 1.39. The van der Waals surface area contributed by atoms with Crippen LogP contribution in [0.1, 0.15) is 27.0 Å². The van der Waals surface area contributed by atoms with E-state index in [1.165, 1.54) is 11.6 Å². The minimum atomic E-state index is -3.82. The SMILES string of the molecule is Cc1ccc(NS(=O)(=O)c2cc(C(=O)N3CCN(CC=Cc4ccccc4)CC3)ccc2C)cc1. The largest absolute Gasteiger partial charge is 0.336 e. The average Bonchev–Trinajstić information content (AvgIpc) is 2.86. The van der Waals surface area contributed by atoms with Crippen molar-refractivity contribution in [2.24, 2.45) is 0 Å². The van der Waals surface area contributed by atoms with Crippen molar-refractivity contribution in [3.05, 3.63) is 101 Å². The van der Waals surface area contributed by atoms with E-state index in [4.69, 9.17) is 0 Å². The van der Waals surface area contributed by atoms with E-state index in [1.807, 2.05) is 37.3 Å². The Labute approximate surface area is 207 Å². The Kier molecular flexibility index (Phi) is 7.68. The number of rotatable bonds is 7. The van der Waals surface area contributed by atoms with Gasteiger partial charge in [-0.05, 0) is 49.2 Å². The second-order valence-electron chi connectivity index (χ2n) is 8.86. The van der Waals surface area contributed by atoms with Crippen molar-refractivity contribution in [1.82, 2.24) is 9.80 Å². The summed E-state index contributed by atoms with van der Waals surface area (Å²) in [5.74, 6) is -0.142. The van der Waals surface area contributed by atoms with Crippen LogP contribution in [-0.2, 0) is 10.0 Å². The molecule has 4 rings (SSSR count). The smallest absolute Gasteiger partial charge is 0.262 e. The zero-order valence-electron chi connectivity index (χ0n) is 20.1. The lowest BCUT2D eigenvalue weighted by Crippen LogP contribution is -2.48. The number of amides is 1. The molecule has 0 aliphatic carbocycles. The van der Waals surface area contributed by atoms with Gasteiger partial charge < -0.3 is 4.90 Å². The van der Waals surface area contributed by atoms with E-state index in [0.717, 1.165) is 25.2 Å². The topological polar surface area (TPSA) is 69.7 Å². The van der Waals surface area contributed by atoms with E-state index in [0.29, 0.717) is 29.9 Å². The molecule has 7 heteroatoms. The van der Waals surface area contributed by atoms with Crippen LogP contribution in [0.15, 0.2) is 83.8 Å².